The molecule has 0 bridgehead atoms. The number of anilines is 1. The number of methoxy groups -OCH3 is 1. The van der Waals surface area contributed by atoms with Crippen molar-refractivity contribution in [2.45, 2.75) is 26.7 Å². The quantitative estimate of drug-likeness (QED) is 0.860. The molecule has 21 heavy (non-hydrogen) atoms. The zero-order valence-corrected chi connectivity index (χ0v) is 13.4. The number of rotatable bonds is 6. The standard InChI is InChI=1S/C15H21N3O2S/c1-4-15(5-2,9-16)13(19)18-14-17-11-7-6-10(20-3)8-12(11)21-14/h6-8H,4-5,9,16H2,1-3H3,(H,17,18,19). The maximum Gasteiger partial charge on any atom is 0.233 e. The lowest BCUT2D eigenvalue weighted by Crippen LogP contribution is -2.41. The van der Waals surface area contributed by atoms with Gasteiger partial charge in [-0.3, -0.25) is 4.79 Å². The fourth-order valence-electron chi connectivity index (χ4n) is 2.27. The summed E-state index contributed by atoms with van der Waals surface area (Å²) in [7, 11) is 1.63. The molecule has 0 aliphatic rings. The third kappa shape index (κ3) is 3.01. The summed E-state index contributed by atoms with van der Waals surface area (Å²) in [6.45, 7) is 4.31. The van der Waals surface area contributed by atoms with Crippen LogP contribution in [0, 0.1) is 5.41 Å². The van der Waals surface area contributed by atoms with Gasteiger partial charge in [-0.1, -0.05) is 25.2 Å². The molecular weight excluding hydrogens is 286 g/mol. The Hall–Kier alpha value is -1.66. The van der Waals surface area contributed by atoms with E-state index in [0.717, 1.165) is 16.0 Å². The minimum Gasteiger partial charge on any atom is -0.497 e. The predicted octanol–water partition coefficient (Wildman–Crippen LogP) is 3.01. The van der Waals surface area contributed by atoms with Gasteiger partial charge in [0, 0.05) is 6.54 Å². The number of carbonyl (C=O) groups excluding carboxylic acids is 1. The van der Waals surface area contributed by atoms with Gasteiger partial charge in [0.15, 0.2) is 5.13 Å². The fourth-order valence-corrected chi connectivity index (χ4v) is 3.16. The van der Waals surface area contributed by atoms with Crippen LogP contribution >= 0.6 is 11.3 Å². The fraction of sp³-hybridized carbons (Fsp3) is 0.467. The Morgan fingerprint density at radius 1 is 1.43 bits per heavy atom. The number of nitrogens with two attached hydrogens (primary N) is 1. The summed E-state index contributed by atoms with van der Waals surface area (Å²) < 4.78 is 6.18. The molecule has 0 aliphatic carbocycles. The Balaban J connectivity index is 2.25. The van der Waals surface area contributed by atoms with Gasteiger partial charge in [-0.15, -0.1) is 0 Å². The average Bonchev–Trinajstić information content (AvgIpc) is 2.90. The number of fused-ring (bicyclic) bond motifs is 1. The molecule has 114 valence electrons. The lowest BCUT2D eigenvalue weighted by molar-refractivity contribution is -0.125. The SMILES string of the molecule is CCC(CC)(CN)C(=O)Nc1nc2ccc(OC)cc2s1. The Kier molecular flexibility index (Phi) is 4.80. The smallest absolute Gasteiger partial charge is 0.233 e. The normalized spacial score (nSPS) is 11.6. The first-order valence-corrected chi connectivity index (χ1v) is 7.86. The summed E-state index contributed by atoms with van der Waals surface area (Å²) in [5.74, 6) is 0.725. The summed E-state index contributed by atoms with van der Waals surface area (Å²) in [5, 5.41) is 3.51. The molecular formula is C15H21N3O2S. The molecule has 0 spiro atoms. The topological polar surface area (TPSA) is 77.2 Å². The molecule has 0 atom stereocenters. The maximum absolute atomic E-state index is 12.5. The highest BCUT2D eigenvalue weighted by Gasteiger charge is 2.33. The van der Waals surface area contributed by atoms with Crippen LogP contribution < -0.4 is 15.8 Å². The summed E-state index contributed by atoms with van der Waals surface area (Å²) >= 11 is 1.44. The van der Waals surface area contributed by atoms with Crippen molar-refractivity contribution in [3.8, 4) is 5.75 Å². The van der Waals surface area contributed by atoms with Gasteiger partial charge < -0.3 is 15.8 Å². The molecule has 0 radical (unpaired) electrons. The van der Waals surface area contributed by atoms with Crippen molar-refractivity contribution in [3.63, 3.8) is 0 Å². The first-order chi connectivity index (χ1) is 10.1. The molecule has 1 amide bonds. The second-order valence-corrected chi connectivity index (χ2v) is 6.03. The second kappa shape index (κ2) is 6.41. The van der Waals surface area contributed by atoms with Gasteiger partial charge in [0.2, 0.25) is 5.91 Å². The number of carbonyl (C=O) groups is 1. The van der Waals surface area contributed by atoms with Crippen molar-refractivity contribution >= 4 is 32.6 Å². The number of aromatic nitrogens is 1. The van der Waals surface area contributed by atoms with Crippen LogP contribution in [0.5, 0.6) is 5.75 Å². The largest absolute Gasteiger partial charge is 0.497 e. The van der Waals surface area contributed by atoms with Crippen molar-refractivity contribution in [2.24, 2.45) is 11.1 Å². The highest BCUT2D eigenvalue weighted by Crippen LogP contribution is 2.32. The lowest BCUT2D eigenvalue weighted by atomic mass is 9.81. The molecule has 0 aliphatic heterocycles. The first-order valence-electron chi connectivity index (χ1n) is 7.04. The number of ether oxygens (including phenoxy) is 1. The van der Waals surface area contributed by atoms with E-state index in [0.29, 0.717) is 24.5 Å². The van der Waals surface area contributed by atoms with E-state index in [1.54, 1.807) is 7.11 Å². The van der Waals surface area contributed by atoms with Gasteiger partial charge in [0.05, 0.1) is 22.7 Å². The average molecular weight is 307 g/mol. The van der Waals surface area contributed by atoms with Gasteiger partial charge in [-0.25, -0.2) is 4.98 Å². The van der Waals surface area contributed by atoms with Crippen molar-refractivity contribution in [3.05, 3.63) is 18.2 Å². The molecule has 0 unspecified atom stereocenters. The van der Waals surface area contributed by atoms with E-state index in [1.807, 2.05) is 32.0 Å². The molecule has 6 heteroatoms. The van der Waals surface area contributed by atoms with Crippen molar-refractivity contribution in [1.29, 1.82) is 0 Å². The van der Waals surface area contributed by atoms with Gasteiger partial charge >= 0.3 is 0 Å². The summed E-state index contributed by atoms with van der Waals surface area (Å²) in [6, 6.07) is 5.66. The number of amides is 1. The summed E-state index contributed by atoms with van der Waals surface area (Å²) in [6.07, 6.45) is 1.43. The monoisotopic (exact) mass is 307 g/mol. The Bertz CT molecular complexity index is 627. The minimum atomic E-state index is -0.518. The third-order valence-corrected chi connectivity index (χ3v) is 4.98. The second-order valence-electron chi connectivity index (χ2n) is 5.00. The Morgan fingerprint density at radius 3 is 2.71 bits per heavy atom. The van der Waals surface area contributed by atoms with E-state index in [1.165, 1.54) is 11.3 Å². The van der Waals surface area contributed by atoms with Gasteiger partial charge in [-0.2, -0.15) is 0 Å². The van der Waals surface area contributed by atoms with E-state index >= 15 is 0 Å². The van der Waals surface area contributed by atoms with Crippen molar-refractivity contribution in [1.82, 2.24) is 4.98 Å². The number of benzene rings is 1. The van der Waals surface area contributed by atoms with Gasteiger partial charge in [0.25, 0.3) is 0 Å². The highest BCUT2D eigenvalue weighted by molar-refractivity contribution is 7.22. The highest BCUT2D eigenvalue weighted by atomic mass is 32.1. The van der Waals surface area contributed by atoms with Crippen LogP contribution in [0.4, 0.5) is 5.13 Å². The van der Waals surface area contributed by atoms with Crippen LogP contribution in [-0.4, -0.2) is 24.5 Å². The Morgan fingerprint density at radius 2 is 2.14 bits per heavy atom. The van der Waals surface area contributed by atoms with Crippen LogP contribution in [0.3, 0.4) is 0 Å². The van der Waals surface area contributed by atoms with E-state index in [2.05, 4.69) is 10.3 Å². The van der Waals surface area contributed by atoms with Crippen molar-refractivity contribution in [2.75, 3.05) is 19.0 Å². The van der Waals surface area contributed by atoms with Crippen molar-refractivity contribution < 1.29 is 9.53 Å². The number of hydrogen-bond acceptors (Lipinski definition) is 5. The molecule has 0 fully saturated rings. The number of hydrogen-bond donors (Lipinski definition) is 2. The third-order valence-electron chi connectivity index (χ3n) is 4.04. The van der Waals surface area contributed by atoms with Crippen LogP contribution in [0.25, 0.3) is 10.2 Å². The van der Waals surface area contributed by atoms with Crippen LogP contribution in [-0.2, 0) is 4.79 Å². The summed E-state index contributed by atoms with van der Waals surface area (Å²) in [4.78, 5) is 16.9. The Labute approximate surface area is 128 Å². The lowest BCUT2D eigenvalue weighted by Gasteiger charge is -2.27. The van der Waals surface area contributed by atoms with E-state index in [4.69, 9.17) is 10.5 Å². The van der Waals surface area contributed by atoms with E-state index in [9.17, 15) is 4.79 Å². The molecule has 2 aromatic rings. The van der Waals surface area contributed by atoms with Gasteiger partial charge in [-0.05, 0) is 31.0 Å². The zero-order chi connectivity index (χ0) is 15.5. The van der Waals surface area contributed by atoms with Crippen LogP contribution in [0.1, 0.15) is 26.7 Å². The molecule has 5 nitrogen and oxygen atoms in total. The van der Waals surface area contributed by atoms with Crippen LogP contribution in [0.2, 0.25) is 0 Å². The molecule has 1 aromatic heterocycles. The van der Waals surface area contributed by atoms with E-state index < -0.39 is 5.41 Å². The molecule has 2 rings (SSSR count). The maximum atomic E-state index is 12.5. The molecule has 1 aromatic carbocycles. The molecule has 1 heterocycles. The number of nitrogens with one attached hydrogen (secondary N) is 1. The molecule has 3 N–H and O–H groups in total. The zero-order valence-electron chi connectivity index (χ0n) is 12.6. The molecule has 0 saturated heterocycles. The van der Waals surface area contributed by atoms with Gasteiger partial charge in [0.1, 0.15) is 5.75 Å². The summed E-state index contributed by atoms with van der Waals surface area (Å²) in [5.41, 5.74) is 6.13. The predicted molar refractivity (Wildman–Crippen MR) is 86.9 cm³/mol. The molecule has 0 saturated carbocycles. The number of nitrogens with zero attached hydrogens (tertiary/aromatic N) is 1. The van der Waals surface area contributed by atoms with Crippen LogP contribution in [0.15, 0.2) is 18.2 Å². The first kappa shape index (κ1) is 15.7. The number of thiazole rings is 1. The van der Waals surface area contributed by atoms with E-state index in [-0.39, 0.29) is 5.91 Å². The minimum absolute atomic E-state index is 0.0546.